The molecule has 0 aliphatic carbocycles. The lowest BCUT2D eigenvalue weighted by molar-refractivity contribution is -0.121. The fourth-order valence-electron chi connectivity index (χ4n) is 2.68. The number of anilines is 3. The van der Waals surface area contributed by atoms with Gasteiger partial charge in [-0.05, 0) is 48.5 Å². The third-order valence-electron chi connectivity index (χ3n) is 4.09. The third kappa shape index (κ3) is 3.55. The van der Waals surface area contributed by atoms with E-state index in [1.54, 1.807) is 12.1 Å². The molecular weight excluding hydrogens is 354 g/mol. The van der Waals surface area contributed by atoms with E-state index in [1.165, 1.54) is 24.3 Å². The molecule has 7 nitrogen and oxygen atoms in total. The van der Waals surface area contributed by atoms with Crippen LogP contribution in [0.1, 0.15) is 12.8 Å². The first-order valence-corrected chi connectivity index (χ1v) is 9.52. The molecule has 0 bridgehead atoms. The zero-order valence-corrected chi connectivity index (χ0v) is 15.3. The molecule has 0 aromatic heterocycles. The van der Waals surface area contributed by atoms with Crippen LogP contribution in [-0.2, 0) is 19.6 Å². The molecule has 1 saturated heterocycles. The van der Waals surface area contributed by atoms with E-state index in [1.807, 2.05) is 31.1 Å². The van der Waals surface area contributed by atoms with Crippen molar-refractivity contribution in [3.63, 3.8) is 0 Å². The van der Waals surface area contributed by atoms with Gasteiger partial charge in [0.15, 0.2) is 0 Å². The lowest BCUT2D eigenvalue weighted by Gasteiger charge is -2.15. The van der Waals surface area contributed by atoms with E-state index in [-0.39, 0.29) is 29.6 Å². The van der Waals surface area contributed by atoms with Gasteiger partial charge in [0.25, 0.3) is 10.0 Å². The van der Waals surface area contributed by atoms with Crippen LogP contribution in [0.3, 0.4) is 0 Å². The van der Waals surface area contributed by atoms with Crippen LogP contribution in [0.2, 0.25) is 0 Å². The molecular formula is C18H19N3O4S. The Bertz CT molecular complexity index is 919. The molecule has 26 heavy (non-hydrogen) atoms. The molecule has 1 aliphatic heterocycles. The van der Waals surface area contributed by atoms with Gasteiger partial charge in [-0.25, -0.2) is 8.42 Å². The van der Waals surface area contributed by atoms with Crippen molar-refractivity contribution in [2.75, 3.05) is 28.6 Å². The van der Waals surface area contributed by atoms with Crippen molar-refractivity contribution in [3.8, 4) is 0 Å². The van der Waals surface area contributed by atoms with Gasteiger partial charge in [0, 0.05) is 38.3 Å². The number of hydrogen-bond donors (Lipinski definition) is 1. The van der Waals surface area contributed by atoms with Crippen LogP contribution in [0, 0.1) is 0 Å². The number of carbonyl (C=O) groups excluding carboxylic acids is 2. The molecule has 0 atom stereocenters. The smallest absolute Gasteiger partial charge is 0.261 e. The van der Waals surface area contributed by atoms with Gasteiger partial charge in [-0.15, -0.1) is 0 Å². The quantitative estimate of drug-likeness (QED) is 0.812. The summed E-state index contributed by atoms with van der Waals surface area (Å²) in [5.74, 6) is -0.547. The van der Waals surface area contributed by atoms with Crippen molar-refractivity contribution < 1.29 is 18.0 Å². The van der Waals surface area contributed by atoms with E-state index in [0.717, 1.165) is 10.6 Å². The predicted molar refractivity (Wildman–Crippen MR) is 99.7 cm³/mol. The van der Waals surface area contributed by atoms with Crippen molar-refractivity contribution in [1.29, 1.82) is 0 Å². The maximum absolute atomic E-state index is 12.5. The molecule has 0 spiro atoms. The molecule has 136 valence electrons. The molecule has 2 aromatic carbocycles. The highest BCUT2D eigenvalue weighted by atomic mass is 32.2. The Morgan fingerprint density at radius 3 is 1.92 bits per heavy atom. The number of hydrogen-bond acceptors (Lipinski definition) is 5. The van der Waals surface area contributed by atoms with Crippen LogP contribution >= 0.6 is 0 Å². The van der Waals surface area contributed by atoms with Crippen LogP contribution in [0.15, 0.2) is 53.4 Å². The summed E-state index contributed by atoms with van der Waals surface area (Å²) in [6.07, 6.45) is 0.368. The number of amides is 2. The standard InChI is InChI=1S/C18H19N3O4S/c1-20(2)14-5-3-13(4-6-14)19-26(24,25)16-9-7-15(8-10-16)21-17(22)11-12-18(21)23/h3-10,19H,11-12H2,1-2H3. The fraction of sp³-hybridized carbons (Fsp3) is 0.222. The number of carbonyl (C=O) groups is 2. The van der Waals surface area contributed by atoms with Crippen LogP contribution in [0.25, 0.3) is 0 Å². The number of nitrogens with zero attached hydrogens (tertiary/aromatic N) is 2. The summed E-state index contributed by atoms with van der Waals surface area (Å²) in [5, 5.41) is 0. The minimum atomic E-state index is -3.77. The highest BCUT2D eigenvalue weighted by Gasteiger charge is 2.30. The zero-order chi connectivity index (χ0) is 18.9. The van der Waals surface area contributed by atoms with E-state index in [0.29, 0.717) is 11.4 Å². The van der Waals surface area contributed by atoms with E-state index in [9.17, 15) is 18.0 Å². The Hall–Kier alpha value is -2.87. The lowest BCUT2D eigenvalue weighted by Crippen LogP contribution is -2.28. The first-order chi connectivity index (χ1) is 12.3. The highest BCUT2D eigenvalue weighted by molar-refractivity contribution is 7.92. The Balaban J connectivity index is 1.79. The summed E-state index contributed by atoms with van der Waals surface area (Å²) >= 11 is 0. The van der Waals surface area contributed by atoms with Crippen LogP contribution in [0.5, 0.6) is 0 Å². The minimum absolute atomic E-state index is 0.0528. The third-order valence-corrected chi connectivity index (χ3v) is 5.49. The second-order valence-electron chi connectivity index (χ2n) is 6.16. The Morgan fingerprint density at radius 1 is 0.885 bits per heavy atom. The summed E-state index contributed by atoms with van der Waals surface area (Å²) in [6, 6.07) is 12.7. The van der Waals surface area contributed by atoms with Gasteiger partial charge in [0.1, 0.15) is 0 Å². The van der Waals surface area contributed by atoms with E-state index in [4.69, 9.17) is 0 Å². The first kappa shape index (κ1) is 17.9. The molecule has 0 radical (unpaired) electrons. The molecule has 8 heteroatoms. The van der Waals surface area contributed by atoms with Crippen molar-refractivity contribution >= 4 is 38.9 Å². The molecule has 1 heterocycles. The normalized spacial score (nSPS) is 14.6. The highest BCUT2D eigenvalue weighted by Crippen LogP contribution is 2.25. The number of rotatable bonds is 5. The number of benzene rings is 2. The summed E-state index contributed by atoms with van der Waals surface area (Å²) in [6.45, 7) is 0. The van der Waals surface area contributed by atoms with Crippen LogP contribution in [0.4, 0.5) is 17.1 Å². The summed E-state index contributed by atoms with van der Waals surface area (Å²) < 4.78 is 27.5. The zero-order valence-electron chi connectivity index (χ0n) is 14.5. The predicted octanol–water partition coefficient (Wildman–Crippen LogP) is 2.21. The lowest BCUT2D eigenvalue weighted by atomic mass is 10.3. The average molecular weight is 373 g/mol. The molecule has 3 rings (SSSR count). The van der Waals surface area contributed by atoms with Gasteiger partial charge in [-0.1, -0.05) is 0 Å². The number of imide groups is 1. The average Bonchev–Trinajstić information content (AvgIpc) is 2.94. The van der Waals surface area contributed by atoms with Crippen molar-refractivity contribution in [3.05, 3.63) is 48.5 Å². The van der Waals surface area contributed by atoms with E-state index in [2.05, 4.69) is 4.72 Å². The number of nitrogens with one attached hydrogen (secondary N) is 1. The maximum atomic E-state index is 12.5. The summed E-state index contributed by atoms with van der Waals surface area (Å²) in [7, 11) is 0.0330. The molecule has 0 saturated carbocycles. The maximum Gasteiger partial charge on any atom is 0.261 e. The SMILES string of the molecule is CN(C)c1ccc(NS(=O)(=O)c2ccc(N3C(=O)CCC3=O)cc2)cc1. The van der Waals surface area contributed by atoms with Gasteiger partial charge in [0.05, 0.1) is 10.6 Å². The van der Waals surface area contributed by atoms with Crippen LogP contribution in [-0.4, -0.2) is 34.3 Å². The van der Waals surface area contributed by atoms with Crippen molar-refractivity contribution in [2.24, 2.45) is 0 Å². The van der Waals surface area contributed by atoms with E-state index < -0.39 is 10.0 Å². The number of sulfonamides is 1. The van der Waals surface area contributed by atoms with Gasteiger partial charge >= 0.3 is 0 Å². The Kier molecular flexibility index (Phi) is 4.69. The molecule has 0 unspecified atom stereocenters. The molecule has 1 N–H and O–H groups in total. The Labute approximate surface area is 152 Å². The van der Waals surface area contributed by atoms with Gasteiger partial charge in [-0.2, -0.15) is 0 Å². The summed E-state index contributed by atoms with van der Waals surface area (Å²) in [4.78, 5) is 26.6. The molecule has 1 fully saturated rings. The largest absolute Gasteiger partial charge is 0.378 e. The molecule has 2 aromatic rings. The van der Waals surface area contributed by atoms with Gasteiger partial charge in [0.2, 0.25) is 11.8 Å². The van der Waals surface area contributed by atoms with Gasteiger partial charge in [-0.3, -0.25) is 19.2 Å². The second-order valence-corrected chi connectivity index (χ2v) is 7.85. The second kappa shape index (κ2) is 6.80. The Morgan fingerprint density at radius 2 is 1.42 bits per heavy atom. The minimum Gasteiger partial charge on any atom is -0.378 e. The fourth-order valence-corrected chi connectivity index (χ4v) is 3.74. The monoisotopic (exact) mass is 373 g/mol. The van der Waals surface area contributed by atoms with Gasteiger partial charge < -0.3 is 4.90 Å². The topological polar surface area (TPSA) is 86.8 Å². The first-order valence-electron chi connectivity index (χ1n) is 8.04. The molecule has 2 amide bonds. The summed E-state index contributed by atoms with van der Waals surface area (Å²) in [5.41, 5.74) is 1.79. The van der Waals surface area contributed by atoms with E-state index >= 15 is 0 Å². The van der Waals surface area contributed by atoms with Crippen LogP contribution < -0.4 is 14.5 Å². The van der Waals surface area contributed by atoms with Crippen molar-refractivity contribution in [1.82, 2.24) is 0 Å². The molecule has 1 aliphatic rings. The van der Waals surface area contributed by atoms with Crippen molar-refractivity contribution in [2.45, 2.75) is 17.7 Å².